The lowest BCUT2D eigenvalue weighted by Crippen LogP contribution is -2.09. The second-order valence-electron chi connectivity index (χ2n) is 4.70. The van der Waals surface area contributed by atoms with E-state index in [4.69, 9.17) is 11.6 Å². The molecular weight excluding hydrogens is 302 g/mol. The first-order valence-electron chi connectivity index (χ1n) is 6.54. The van der Waals surface area contributed by atoms with Crippen molar-refractivity contribution in [3.8, 4) is 0 Å². The van der Waals surface area contributed by atoms with Crippen molar-refractivity contribution in [1.29, 1.82) is 0 Å². The largest absolute Gasteiger partial charge is 0.318 e. The summed E-state index contributed by atoms with van der Waals surface area (Å²) in [4.78, 5) is 0.879. The summed E-state index contributed by atoms with van der Waals surface area (Å²) in [5.74, 6) is 0. The summed E-state index contributed by atoms with van der Waals surface area (Å²) in [7, 11) is 2.00. The summed E-state index contributed by atoms with van der Waals surface area (Å²) in [6.07, 6.45) is 0. The smallest absolute Gasteiger partial charge is 0.211 e. The number of fused-ring (bicyclic) bond motifs is 1. The fraction of sp³-hybridized carbons (Fsp3) is 0.125. The van der Waals surface area contributed by atoms with Gasteiger partial charge in [-0.15, -0.1) is 5.10 Å². The van der Waals surface area contributed by atoms with E-state index < -0.39 is 0 Å². The zero-order valence-electron chi connectivity index (χ0n) is 11.7. The van der Waals surface area contributed by atoms with Crippen LogP contribution in [0, 0.1) is 0 Å². The molecular formula is C16H14ClN3S. The molecule has 3 nitrogen and oxygen atoms in total. The Morgan fingerprint density at radius 1 is 1.10 bits per heavy atom. The highest BCUT2D eigenvalue weighted by Gasteiger charge is 2.01. The first kappa shape index (κ1) is 14.0. The van der Waals surface area contributed by atoms with E-state index in [9.17, 15) is 0 Å². The van der Waals surface area contributed by atoms with E-state index >= 15 is 0 Å². The number of hydrogen-bond acceptors (Lipinski definition) is 3. The van der Waals surface area contributed by atoms with E-state index in [2.05, 4.69) is 26.9 Å². The van der Waals surface area contributed by atoms with Gasteiger partial charge in [-0.25, -0.2) is 0 Å². The second-order valence-corrected chi connectivity index (χ2v) is 6.15. The zero-order chi connectivity index (χ0) is 14.8. The highest BCUT2D eigenvalue weighted by atomic mass is 35.5. The minimum Gasteiger partial charge on any atom is -0.318 e. The van der Waals surface area contributed by atoms with E-state index in [-0.39, 0.29) is 0 Å². The van der Waals surface area contributed by atoms with Crippen LogP contribution in [0.1, 0.15) is 12.5 Å². The molecule has 0 aliphatic heterocycles. The number of thiazole rings is 1. The molecule has 0 saturated carbocycles. The molecule has 0 atom stereocenters. The standard InChI is InChI=1S/C16H14ClN3S/c1-11(12-7-9-13(17)10-8-12)18-19-16-20(2)14-5-3-4-6-15(14)21-16/h3-10H,1-2H3/b18-11-,19-16+. The molecule has 0 unspecified atom stereocenters. The number of rotatable bonds is 2. The fourth-order valence-corrected chi connectivity index (χ4v) is 3.14. The third kappa shape index (κ3) is 2.91. The monoisotopic (exact) mass is 315 g/mol. The SMILES string of the molecule is C/C(=N/N=c1/sc2ccccc2n1C)c1ccc(Cl)cc1. The van der Waals surface area contributed by atoms with Crippen LogP contribution < -0.4 is 4.80 Å². The summed E-state index contributed by atoms with van der Waals surface area (Å²) >= 11 is 7.52. The summed E-state index contributed by atoms with van der Waals surface area (Å²) in [6, 6.07) is 15.8. The third-order valence-corrected chi connectivity index (χ3v) is 4.62. The molecule has 0 spiro atoms. The van der Waals surface area contributed by atoms with Crippen LogP contribution in [-0.2, 0) is 7.05 Å². The van der Waals surface area contributed by atoms with Gasteiger partial charge in [0, 0.05) is 12.1 Å². The molecule has 3 aromatic rings. The molecule has 2 aromatic carbocycles. The van der Waals surface area contributed by atoms with Crippen LogP contribution in [0.3, 0.4) is 0 Å². The molecule has 0 aliphatic carbocycles. The zero-order valence-corrected chi connectivity index (χ0v) is 13.3. The second kappa shape index (κ2) is 5.84. The number of aryl methyl sites for hydroxylation is 1. The van der Waals surface area contributed by atoms with Gasteiger partial charge in [0.15, 0.2) is 0 Å². The molecule has 1 heterocycles. The van der Waals surface area contributed by atoms with E-state index in [0.717, 1.165) is 21.1 Å². The minimum atomic E-state index is 0.722. The van der Waals surface area contributed by atoms with Gasteiger partial charge in [-0.2, -0.15) is 5.10 Å². The molecule has 21 heavy (non-hydrogen) atoms. The van der Waals surface area contributed by atoms with Crippen molar-refractivity contribution in [3.05, 3.63) is 63.9 Å². The average Bonchev–Trinajstić information content (AvgIpc) is 2.82. The first-order chi connectivity index (χ1) is 10.1. The molecule has 0 saturated heterocycles. The lowest BCUT2D eigenvalue weighted by molar-refractivity contribution is 0.888. The van der Waals surface area contributed by atoms with Crippen LogP contribution >= 0.6 is 22.9 Å². The third-order valence-electron chi connectivity index (χ3n) is 3.26. The van der Waals surface area contributed by atoms with Gasteiger partial charge in [-0.3, -0.25) is 0 Å². The van der Waals surface area contributed by atoms with Crippen molar-refractivity contribution in [2.24, 2.45) is 17.3 Å². The van der Waals surface area contributed by atoms with E-state index in [0.29, 0.717) is 0 Å². The Hall–Kier alpha value is -1.91. The van der Waals surface area contributed by atoms with Crippen LogP contribution in [-0.4, -0.2) is 10.3 Å². The van der Waals surface area contributed by atoms with Crippen molar-refractivity contribution >= 4 is 38.9 Å². The van der Waals surface area contributed by atoms with Crippen molar-refractivity contribution in [3.63, 3.8) is 0 Å². The molecule has 0 radical (unpaired) electrons. The van der Waals surface area contributed by atoms with Gasteiger partial charge in [0.1, 0.15) is 0 Å². The summed E-state index contributed by atoms with van der Waals surface area (Å²) in [5.41, 5.74) is 3.05. The Bertz CT molecular complexity index is 872. The van der Waals surface area contributed by atoms with Crippen molar-refractivity contribution in [2.45, 2.75) is 6.92 Å². The van der Waals surface area contributed by atoms with Crippen LogP contribution in [0.25, 0.3) is 10.2 Å². The summed E-state index contributed by atoms with van der Waals surface area (Å²) in [6.45, 7) is 1.94. The molecule has 0 aliphatic rings. The van der Waals surface area contributed by atoms with Gasteiger partial charge >= 0.3 is 0 Å². The Morgan fingerprint density at radius 3 is 2.52 bits per heavy atom. The van der Waals surface area contributed by atoms with Crippen molar-refractivity contribution in [2.75, 3.05) is 0 Å². The number of halogens is 1. The van der Waals surface area contributed by atoms with E-state index in [1.807, 2.05) is 50.4 Å². The molecule has 3 rings (SSSR count). The maximum Gasteiger partial charge on any atom is 0.211 e. The molecule has 0 fully saturated rings. The lowest BCUT2D eigenvalue weighted by Gasteiger charge is -1.98. The summed E-state index contributed by atoms with van der Waals surface area (Å²) in [5, 5.41) is 9.44. The number of para-hydroxylation sites is 1. The minimum absolute atomic E-state index is 0.722. The number of nitrogens with zero attached hydrogens (tertiary/aromatic N) is 3. The Balaban J connectivity index is 2.02. The molecule has 0 N–H and O–H groups in total. The van der Waals surface area contributed by atoms with Crippen LogP contribution in [0.4, 0.5) is 0 Å². The molecule has 0 bridgehead atoms. The van der Waals surface area contributed by atoms with Gasteiger partial charge in [-0.05, 0) is 36.8 Å². The van der Waals surface area contributed by atoms with Crippen LogP contribution in [0.15, 0.2) is 58.7 Å². The molecule has 1 aromatic heterocycles. The van der Waals surface area contributed by atoms with Crippen molar-refractivity contribution in [1.82, 2.24) is 4.57 Å². The van der Waals surface area contributed by atoms with Gasteiger partial charge in [0.25, 0.3) is 0 Å². The topological polar surface area (TPSA) is 29.6 Å². The molecule has 5 heteroatoms. The predicted octanol–water partition coefficient (Wildman–Crippen LogP) is 4.22. The Morgan fingerprint density at radius 2 is 1.81 bits per heavy atom. The summed E-state index contributed by atoms with van der Waals surface area (Å²) < 4.78 is 3.26. The quantitative estimate of drug-likeness (QED) is 0.501. The highest BCUT2D eigenvalue weighted by Crippen LogP contribution is 2.15. The Kier molecular flexibility index (Phi) is 3.90. The van der Waals surface area contributed by atoms with Crippen LogP contribution in [0.2, 0.25) is 5.02 Å². The Labute approximate surface area is 131 Å². The first-order valence-corrected chi connectivity index (χ1v) is 7.73. The maximum absolute atomic E-state index is 5.89. The number of benzene rings is 2. The molecule has 106 valence electrons. The normalized spacial score (nSPS) is 13.1. The van der Waals surface area contributed by atoms with Crippen LogP contribution in [0.5, 0.6) is 0 Å². The number of aromatic nitrogens is 1. The molecule has 0 amide bonds. The van der Waals surface area contributed by atoms with E-state index in [1.165, 1.54) is 10.2 Å². The van der Waals surface area contributed by atoms with E-state index in [1.54, 1.807) is 11.3 Å². The predicted molar refractivity (Wildman–Crippen MR) is 90.0 cm³/mol. The van der Waals surface area contributed by atoms with Gasteiger partial charge in [0.05, 0.1) is 15.9 Å². The van der Waals surface area contributed by atoms with Gasteiger partial charge in [0.2, 0.25) is 4.80 Å². The number of hydrogen-bond donors (Lipinski definition) is 0. The maximum atomic E-state index is 5.89. The van der Waals surface area contributed by atoms with Crippen molar-refractivity contribution < 1.29 is 0 Å². The lowest BCUT2D eigenvalue weighted by atomic mass is 10.1. The fourth-order valence-electron chi connectivity index (χ4n) is 2.04. The van der Waals surface area contributed by atoms with Gasteiger partial charge in [-0.1, -0.05) is 47.2 Å². The van der Waals surface area contributed by atoms with Gasteiger partial charge < -0.3 is 4.57 Å². The highest BCUT2D eigenvalue weighted by molar-refractivity contribution is 7.16. The average molecular weight is 316 g/mol.